The van der Waals surface area contributed by atoms with Crippen LogP contribution in [-0.4, -0.2) is 54.2 Å². The molecule has 1 aliphatic heterocycles. The third-order valence-electron chi connectivity index (χ3n) is 6.99. The number of nitrogens with zero attached hydrogens (tertiary/aromatic N) is 2. The lowest BCUT2D eigenvalue weighted by Gasteiger charge is -2.30. The molecule has 1 fully saturated rings. The van der Waals surface area contributed by atoms with Crippen molar-refractivity contribution in [1.82, 2.24) is 15.4 Å². The Morgan fingerprint density at radius 2 is 1.82 bits per heavy atom. The summed E-state index contributed by atoms with van der Waals surface area (Å²) < 4.78 is 31.4. The number of sulfone groups is 1. The van der Waals surface area contributed by atoms with E-state index in [0.717, 1.165) is 16.0 Å². The standard InChI is InChI=1S/C27H23Cl2N3O6S2/c28-20-3-1-2-19(25(20)29)26(34)32-11-10-27(14-24(33)31-35,40(36,37)13-12-32)23-9-8-22(39-23)18-6-4-17(5-7-18)21-15-30-16-38-21/h1-9,15-16,35H,10-14H2,(H,31,33). The molecule has 0 bridgehead atoms. The summed E-state index contributed by atoms with van der Waals surface area (Å²) in [6.07, 6.45) is 2.40. The molecule has 5 rings (SSSR count). The van der Waals surface area contributed by atoms with Crippen molar-refractivity contribution >= 4 is 56.2 Å². The number of rotatable bonds is 6. The van der Waals surface area contributed by atoms with E-state index in [4.69, 9.17) is 27.6 Å². The van der Waals surface area contributed by atoms with Crippen LogP contribution < -0.4 is 5.48 Å². The Balaban J connectivity index is 1.49. The Hall–Kier alpha value is -3.22. The molecular formula is C27H23Cl2N3O6S2. The van der Waals surface area contributed by atoms with E-state index in [1.165, 1.54) is 28.7 Å². The molecule has 13 heteroatoms. The lowest BCUT2D eigenvalue weighted by Crippen LogP contribution is -2.41. The highest BCUT2D eigenvalue weighted by Gasteiger charge is 2.50. The lowest BCUT2D eigenvalue weighted by atomic mass is 9.97. The molecule has 2 aromatic heterocycles. The van der Waals surface area contributed by atoms with Crippen LogP contribution in [0, 0.1) is 0 Å². The molecule has 0 spiro atoms. The lowest BCUT2D eigenvalue weighted by molar-refractivity contribution is -0.129. The number of hydrogen-bond acceptors (Lipinski definition) is 8. The summed E-state index contributed by atoms with van der Waals surface area (Å²) in [5.74, 6) is -1.05. The molecule has 1 unspecified atom stereocenters. The van der Waals surface area contributed by atoms with Gasteiger partial charge in [-0.3, -0.25) is 14.8 Å². The molecule has 208 valence electrons. The molecule has 40 heavy (non-hydrogen) atoms. The van der Waals surface area contributed by atoms with Crippen LogP contribution in [0.4, 0.5) is 0 Å². The van der Waals surface area contributed by atoms with Gasteiger partial charge in [0.25, 0.3) is 5.91 Å². The number of benzene rings is 2. The fourth-order valence-electron chi connectivity index (χ4n) is 4.81. The molecule has 1 atom stereocenters. The molecule has 0 aliphatic carbocycles. The molecule has 4 aromatic rings. The van der Waals surface area contributed by atoms with Gasteiger partial charge in [0.15, 0.2) is 22.0 Å². The predicted molar refractivity (Wildman–Crippen MR) is 152 cm³/mol. The second kappa shape index (κ2) is 11.3. The first-order chi connectivity index (χ1) is 19.1. The van der Waals surface area contributed by atoms with Crippen molar-refractivity contribution in [3.8, 4) is 21.8 Å². The zero-order valence-electron chi connectivity index (χ0n) is 20.8. The maximum absolute atomic E-state index is 13.9. The van der Waals surface area contributed by atoms with Gasteiger partial charge in [-0.15, -0.1) is 11.3 Å². The summed E-state index contributed by atoms with van der Waals surface area (Å²) in [5, 5.41) is 9.60. The Bertz CT molecular complexity index is 1660. The summed E-state index contributed by atoms with van der Waals surface area (Å²) >= 11 is 13.6. The monoisotopic (exact) mass is 619 g/mol. The van der Waals surface area contributed by atoms with Crippen LogP contribution in [0.5, 0.6) is 0 Å². The Labute approximate surface area is 244 Å². The van der Waals surface area contributed by atoms with E-state index in [1.54, 1.807) is 35.9 Å². The molecule has 0 radical (unpaired) electrons. The van der Waals surface area contributed by atoms with E-state index in [0.29, 0.717) is 10.6 Å². The third kappa shape index (κ3) is 5.27. The molecule has 2 aromatic carbocycles. The normalized spacial score (nSPS) is 18.7. The number of nitrogens with one attached hydrogen (secondary N) is 1. The van der Waals surface area contributed by atoms with Crippen LogP contribution >= 0.6 is 34.5 Å². The molecule has 0 saturated carbocycles. The first kappa shape index (κ1) is 28.3. The number of thiophene rings is 1. The number of halogens is 2. The molecule has 2 amide bonds. The fraction of sp³-hybridized carbons (Fsp3) is 0.222. The van der Waals surface area contributed by atoms with Gasteiger partial charge in [0.1, 0.15) is 4.75 Å². The van der Waals surface area contributed by atoms with E-state index in [1.807, 2.05) is 24.3 Å². The van der Waals surface area contributed by atoms with E-state index in [9.17, 15) is 23.2 Å². The third-order valence-corrected chi connectivity index (χ3v) is 11.8. The van der Waals surface area contributed by atoms with Gasteiger partial charge in [-0.2, -0.15) is 0 Å². The van der Waals surface area contributed by atoms with Gasteiger partial charge in [0.2, 0.25) is 5.91 Å². The SMILES string of the molecule is O=C(CC1(c2ccc(-c3ccc(-c4cnco4)cc3)s2)CCN(C(=O)c2cccc(Cl)c2Cl)CCS1(=O)=O)NO. The molecule has 3 heterocycles. The average Bonchev–Trinajstić information content (AvgIpc) is 3.65. The average molecular weight is 621 g/mol. The van der Waals surface area contributed by atoms with Gasteiger partial charge < -0.3 is 9.32 Å². The van der Waals surface area contributed by atoms with E-state index >= 15 is 0 Å². The maximum atomic E-state index is 13.9. The first-order valence-corrected chi connectivity index (χ1v) is 15.4. The molecule has 1 saturated heterocycles. The summed E-state index contributed by atoms with van der Waals surface area (Å²) in [6.45, 7) is -0.0490. The zero-order valence-corrected chi connectivity index (χ0v) is 24.0. The minimum atomic E-state index is -3.99. The summed E-state index contributed by atoms with van der Waals surface area (Å²) in [5.41, 5.74) is 3.42. The largest absolute Gasteiger partial charge is 0.444 e. The number of hydrogen-bond donors (Lipinski definition) is 2. The van der Waals surface area contributed by atoms with Gasteiger partial charge in [-0.25, -0.2) is 18.9 Å². The van der Waals surface area contributed by atoms with Crippen molar-refractivity contribution in [2.24, 2.45) is 0 Å². The van der Waals surface area contributed by atoms with E-state index < -0.39 is 32.8 Å². The number of oxazole rings is 1. The van der Waals surface area contributed by atoms with Gasteiger partial charge >= 0.3 is 0 Å². The van der Waals surface area contributed by atoms with Crippen molar-refractivity contribution in [2.45, 2.75) is 17.6 Å². The quantitative estimate of drug-likeness (QED) is 0.217. The van der Waals surface area contributed by atoms with E-state index in [2.05, 4.69) is 4.98 Å². The van der Waals surface area contributed by atoms with Crippen LogP contribution in [0.15, 0.2) is 71.6 Å². The minimum Gasteiger partial charge on any atom is -0.444 e. The topological polar surface area (TPSA) is 130 Å². The van der Waals surface area contributed by atoms with Gasteiger partial charge in [-0.05, 0) is 36.2 Å². The molecular weight excluding hydrogens is 597 g/mol. The summed E-state index contributed by atoms with van der Waals surface area (Å²) in [6, 6.07) is 15.7. The minimum absolute atomic E-state index is 0.0404. The van der Waals surface area contributed by atoms with Crippen molar-refractivity contribution in [2.75, 3.05) is 18.8 Å². The highest BCUT2D eigenvalue weighted by atomic mass is 35.5. The summed E-state index contributed by atoms with van der Waals surface area (Å²) in [7, 11) is -3.99. The number of hydroxylamine groups is 1. The zero-order chi connectivity index (χ0) is 28.5. The molecule has 1 aliphatic rings. The van der Waals surface area contributed by atoms with Crippen molar-refractivity contribution in [3.05, 3.63) is 87.7 Å². The Morgan fingerprint density at radius 3 is 2.52 bits per heavy atom. The number of amides is 2. The highest BCUT2D eigenvalue weighted by Crippen LogP contribution is 2.45. The first-order valence-electron chi connectivity index (χ1n) is 12.1. The smallest absolute Gasteiger partial charge is 0.255 e. The van der Waals surface area contributed by atoms with Crippen LogP contribution in [0.25, 0.3) is 21.8 Å². The van der Waals surface area contributed by atoms with Crippen LogP contribution in [0.2, 0.25) is 10.0 Å². The highest BCUT2D eigenvalue weighted by molar-refractivity contribution is 7.92. The Morgan fingerprint density at radius 1 is 1.07 bits per heavy atom. The number of carbonyl (C=O) groups excluding carboxylic acids is 2. The second-order valence-corrected chi connectivity index (χ2v) is 13.6. The van der Waals surface area contributed by atoms with E-state index in [-0.39, 0.29) is 40.9 Å². The fourth-order valence-corrected chi connectivity index (χ4v) is 8.80. The van der Waals surface area contributed by atoms with Crippen molar-refractivity contribution < 1.29 is 27.6 Å². The van der Waals surface area contributed by atoms with Gasteiger partial charge in [-0.1, -0.05) is 53.5 Å². The van der Waals surface area contributed by atoms with Crippen LogP contribution in [0.3, 0.4) is 0 Å². The van der Waals surface area contributed by atoms with Crippen LogP contribution in [-0.2, 0) is 19.4 Å². The predicted octanol–water partition coefficient (Wildman–Crippen LogP) is 5.43. The van der Waals surface area contributed by atoms with Crippen molar-refractivity contribution in [3.63, 3.8) is 0 Å². The maximum Gasteiger partial charge on any atom is 0.255 e. The van der Waals surface area contributed by atoms with Crippen LogP contribution in [0.1, 0.15) is 28.1 Å². The number of carbonyl (C=O) groups is 2. The Kier molecular flexibility index (Phi) is 8.03. The van der Waals surface area contributed by atoms with Gasteiger partial charge in [0, 0.05) is 28.4 Å². The molecule has 2 N–H and O–H groups in total. The number of aromatic nitrogens is 1. The summed E-state index contributed by atoms with van der Waals surface area (Å²) in [4.78, 5) is 32.4. The van der Waals surface area contributed by atoms with Gasteiger partial charge in [0.05, 0.1) is 34.0 Å². The molecule has 9 nitrogen and oxygen atoms in total. The second-order valence-electron chi connectivity index (χ2n) is 9.28. The van der Waals surface area contributed by atoms with Crippen molar-refractivity contribution in [1.29, 1.82) is 0 Å².